The van der Waals surface area contributed by atoms with Crippen molar-refractivity contribution in [3.63, 3.8) is 0 Å². The van der Waals surface area contributed by atoms with Gasteiger partial charge >= 0.3 is 5.97 Å². The molecule has 1 heterocycles. The molecule has 0 radical (unpaired) electrons. The molecule has 1 saturated heterocycles. The first-order chi connectivity index (χ1) is 15.8. The normalized spacial score (nSPS) is 53.0. The van der Waals surface area contributed by atoms with Crippen LogP contribution in [-0.4, -0.2) is 29.6 Å². The Bertz CT molecular complexity index is 886. The van der Waals surface area contributed by atoms with Crippen LogP contribution in [0.2, 0.25) is 0 Å². The molecule has 4 nitrogen and oxygen atoms in total. The molecule has 0 spiro atoms. The number of hydrogen-bond donors (Lipinski definition) is 1. The van der Waals surface area contributed by atoms with Gasteiger partial charge in [-0.3, -0.25) is 4.79 Å². The van der Waals surface area contributed by atoms with E-state index in [0.717, 1.165) is 37.5 Å². The Hall–Kier alpha value is -1.16. The van der Waals surface area contributed by atoms with Crippen LogP contribution >= 0.6 is 0 Å². The van der Waals surface area contributed by atoms with Crippen LogP contribution in [-0.2, 0) is 14.3 Å². The molecule has 0 aromatic carbocycles. The van der Waals surface area contributed by atoms with Gasteiger partial charge in [-0.25, -0.2) is 0 Å². The number of allylic oxidation sites excluding steroid dienone is 1. The molecule has 5 unspecified atom stereocenters. The molecule has 0 aromatic heterocycles. The van der Waals surface area contributed by atoms with Crippen LogP contribution in [0.5, 0.6) is 0 Å². The number of carbonyl (C=O) groups excluding carboxylic acids is 1. The minimum atomic E-state index is -1.09. The second-order valence-corrected chi connectivity index (χ2v) is 13.0. The topological polar surface area (TPSA) is 63.6 Å². The third-order valence-electron chi connectivity index (χ3n) is 11.9. The van der Waals surface area contributed by atoms with E-state index in [1.54, 1.807) is 0 Å². The maximum Gasteiger partial charge on any atom is 0.315 e. The molecule has 10 atom stereocenters. The maximum absolute atomic E-state index is 13.6. The van der Waals surface area contributed by atoms with Crippen LogP contribution in [0.3, 0.4) is 0 Å². The first-order valence-electron chi connectivity index (χ1n) is 13.8. The summed E-state index contributed by atoms with van der Waals surface area (Å²) in [6.07, 6.45) is 14.0. The first-order valence-corrected chi connectivity index (χ1v) is 13.8. The Balaban J connectivity index is 1.52. The molecule has 182 valence electrons. The van der Waals surface area contributed by atoms with Gasteiger partial charge in [-0.1, -0.05) is 70.9 Å². The number of aldehydes is 1. The van der Waals surface area contributed by atoms with E-state index in [-0.39, 0.29) is 35.9 Å². The molecule has 4 saturated carbocycles. The van der Waals surface area contributed by atoms with Crippen molar-refractivity contribution in [3.8, 4) is 0 Å². The molecule has 6 rings (SSSR count). The fourth-order valence-corrected chi connectivity index (χ4v) is 11.3. The number of fused-ring (bicyclic) bond motifs is 2. The van der Waals surface area contributed by atoms with Crippen LogP contribution in [0.4, 0.5) is 0 Å². The lowest BCUT2D eigenvalue weighted by Crippen LogP contribution is -2.56. The zero-order valence-corrected chi connectivity index (χ0v) is 20.9. The smallest absolute Gasteiger partial charge is 0.315 e. The van der Waals surface area contributed by atoms with Crippen molar-refractivity contribution in [1.82, 2.24) is 0 Å². The summed E-state index contributed by atoms with van der Waals surface area (Å²) in [4.78, 5) is 26.7. The predicted octanol–water partition coefficient (Wildman–Crippen LogP) is 5.89. The molecular weight excluding hydrogens is 412 g/mol. The molecular formula is C29H42O4. The molecule has 0 amide bonds. The van der Waals surface area contributed by atoms with Gasteiger partial charge in [0.1, 0.15) is 11.7 Å². The van der Waals surface area contributed by atoms with Crippen LogP contribution in [0, 0.1) is 57.7 Å². The molecule has 1 N–H and O–H groups in total. The number of carboxylic acids is 1. The highest BCUT2D eigenvalue weighted by atomic mass is 16.5. The van der Waals surface area contributed by atoms with E-state index < -0.39 is 22.2 Å². The molecule has 1 aliphatic heterocycles. The summed E-state index contributed by atoms with van der Waals surface area (Å²) in [5.41, 5.74) is -1.27. The fourth-order valence-electron chi connectivity index (χ4n) is 11.3. The van der Waals surface area contributed by atoms with E-state index in [9.17, 15) is 14.7 Å². The summed E-state index contributed by atoms with van der Waals surface area (Å²) < 4.78 is 6.95. The maximum atomic E-state index is 13.6. The second kappa shape index (κ2) is 7.18. The highest BCUT2D eigenvalue weighted by molar-refractivity contribution is 5.91. The van der Waals surface area contributed by atoms with Crippen molar-refractivity contribution in [1.29, 1.82) is 0 Å². The Morgan fingerprint density at radius 1 is 1.15 bits per heavy atom. The lowest BCUT2D eigenvalue weighted by atomic mass is 9.53. The molecule has 4 heteroatoms. The summed E-state index contributed by atoms with van der Waals surface area (Å²) >= 11 is 0. The zero-order valence-electron chi connectivity index (χ0n) is 20.9. The molecule has 5 aliphatic carbocycles. The van der Waals surface area contributed by atoms with Gasteiger partial charge in [0.05, 0.1) is 17.6 Å². The molecule has 6 aliphatic rings. The van der Waals surface area contributed by atoms with E-state index in [2.05, 4.69) is 33.8 Å². The monoisotopic (exact) mass is 454 g/mol. The number of aliphatic carboxylic acids is 1. The van der Waals surface area contributed by atoms with Crippen LogP contribution in [0.15, 0.2) is 11.6 Å². The first kappa shape index (κ1) is 22.3. The third-order valence-corrected chi connectivity index (χ3v) is 11.9. The van der Waals surface area contributed by atoms with Gasteiger partial charge in [0, 0.05) is 5.41 Å². The lowest BCUT2D eigenvalue weighted by Gasteiger charge is -2.49. The van der Waals surface area contributed by atoms with Crippen molar-refractivity contribution >= 4 is 12.3 Å². The standard InChI is InChI=1S/C29H42O4/c1-16(2)23-12-20-14-27(15-30)22-11-10-17(3)25(22)28(20,29(23,27)26(31)32)24-13-21(18(4)33-24)19-8-6-5-7-9-19/h12,15-22,24-25H,5-11,13-14H2,1-4H3,(H,31,32)/t17-,18+,20?,21-,22-,24-,25?,27?,28?,29?/m1/s1. The summed E-state index contributed by atoms with van der Waals surface area (Å²) in [6.45, 7) is 8.83. The molecule has 0 aromatic rings. The number of rotatable bonds is 5. The summed E-state index contributed by atoms with van der Waals surface area (Å²) in [7, 11) is 0. The van der Waals surface area contributed by atoms with Gasteiger partial charge in [-0.15, -0.1) is 0 Å². The van der Waals surface area contributed by atoms with E-state index in [0.29, 0.717) is 17.8 Å². The Morgan fingerprint density at radius 3 is 2.52 bits per heavy atom. The Kier molecular flexibility index (Phi) is 4.86. The number of ether oxygens (including phenoxy) is 1. The van der Waals surface area contributed by atoms with E-state index in [1.807, 2.05) is 0 Å². The minimum absolute atomic E-state index is 0.0506. The van der Waals surface area contributed by atoms with Gasteiger partial charge < -0.3 is 14.6 Å². The molecule has 33 heavy (non-hydrogen) atoms. The molecule has 4 bridgehead atoms. The fraction of sp³-hybridized carbons (Fsp3) is 0.862. The third kappa shape index (κ3) is 2.29. The second-order valence-electron chi connectivity index (χ2n) is 13.0. The van der Waals surface area contributed by atoms with Crippen LogP contribution < -0.4 is 0 Å². The highest BCUT2D eigenvalue weighted by Crippen LogP contribution is 2.88. The average molecular weight is 455 g/mol. The summed E-state index contributed by atoms with van der Waals surface area (Å²) in [6, 6.07) is 0. The van der Waals surface area contributed by atoms with Gasteiger partial charge in [0.2, 0.25) is 0 Å². The lowest BCUT2D eigenvalue weighted by molar-refractivity contribution is -0.170. The van der Waals surface area contributed by atoms with E-state index >= 15 is 0 Å². The van der Waals surface area contributed by atoms with Gasteiger partial charge in [0.15, 0.2) is 0 Å². The van der Waals surface area contributed by atoms with Crippen molar-refractivity contribution in [3.05, 3.63) is 11.6 Å². The minimum Gasteiger partial charge on any atom is -0.481 e. The van der Waals surface area contributed by atoms with E-state index in [1.165, 1.54) is 32.1 Å². The van der Waals surface area contributed by atoms with Crippen LogP contribution in [0.25, 0.3) is 0 Å². The quantitative estimate of drug-likeness (QED) is 0.415. The van der Waals surface area contributed by atoms with Crippen molar-refractivity contribution < 1.29 is 19.4 Å². The Labute approximate surface area is 198 Å². The number of carboxylic acid groups (broad SMARTS) is 1. The van der Waals surface area contributed by atoms with E-state index in [4.69, 9.17) is 4.74 Å². The predicted molar refractivity (Wildman–Crippen MR) is 126 cm³/mol. The number of hydrogen-bond acceptors (Lipinski definition) is 3. The highest BCUT2D eigenvalue weighted by Gasteiger charge is 2.91. The largest absolute Gasteiger partial charge is 0.481 e. The molecule has 5 fully saturated rings. The van der Waals surface area contributed by atoms with Crippen molar-refractivity contribution in [2.75, 3.05) is 0 Å². The van der Waals surface area contributed by atoms with Crippen LogP contribution in [0.1, 0.15) is 85.5 Å². The van der Waals surface area contributed by atoms with Crippen molar-refractivity contribution in [2.45, 2.75) is 97.7 Å². The SMILES string of the molecule is CC(C)C1=CC2CC3(C=O)[C@@H]4CC[C@@H](C)C4C2([C@H]2C[C@@H](C4CCCCC4)[C@H](C)O2)C13C(=O)O. The van der Waals surface area contributed by atoms with Crippen molar-refractivity contribution in [2.24, 2.45) is 57.7 Å². The average Bonchev–Trinajstić information content (AvgIpc) is 3.55. The zero-order chi connectivity index (χ0) is 23.3. The summed E-state index contributed by atoms with van der Waals surface area (Å²) in [5, 5.41) is 11.2. The Morgan fingerprint density at radius 2 is 1.88 bits per heavy atom. The summed E-state index contributed by atoms with van der Waals surface area (Å²) in [5.74, 6) is 1.69. The van der Waals surface area contributed by atoms with Gasteiger partial charge in [-0.05, 0) is 67.6 Å². The van der Waals surface area contributed by atoms with Gasteiger partial charge in [0.25, 0.3) is 0 Å². The van der Waals surface area contributed by atoms with Gasteiger partial charge in [-0.2, -0.15) is 0 Å². The number of carbonyl (C=O) groups is 2.